The summed E-state index contributed by atoms with van der Waals surface area (Å²) in [4.78, 5) is 21.7. The second-order valence-electron chi connectivity index (χ2n) is 7.92. The van der Waals surface area contributed by atoms with E-state index in [0.29, 0.717) is 60.9 Å². The molecule has 4 aromatic rings. The lowest BCUT2D eigenvalue weighted by Crippen LogP contribution is -2.36. The van der Waals surface area contributed by atoms with Gasteiger partial charge in [0.15, 0.2) is 0 Å². The number of morpholine rings is 1. The van der Waals surface area contributed by atoms with Crippen molar-refractivity contribution in [1.82, 2.24) is 9.97 Å². The van der Waals surface area contributed by atoms with Gasteiger partial charge in [0.2, 0.25) is 5.88 Å². The van der Waals surface area contributed by atoms with Crippen molar-refractivity contribution in [1.29, 1.82) is 0 Å². The molecule has 0 atom stereocenters. The Kier molecular flexibility index (Phi) is 6.86. The summed E-state index contributed by atoms with van der Waals surface area (Å²) in [6.07, 6.45) is 1.36. The second kappa shape index (κ2) is 10.7. The van der Waals surface area contributed by atoms with Crippen LogP contribution < -0.4 is 19.7 Å². The molecule has 182 valence electrons. The van der Waals surface area contributed by atoms with E-state index in [1.54, 1.807) is 42.5 Å². The minimum Gasteiger partial charge on any atom is -0.457 e. The van der Waals surface area contributed by atoms with E-state index in [-0.39, 0.29) is 10.6 Å². The van der Waals surface area contributed by atoms with Gasteiger partial charge in [-0.15, -0.1) is 0 Å². The maximum Gasteiger partial charge on any atom is 0.294 e. The Balaban J connectivity index is 1.27. The first kappa shape index (κ1) is 23.1. The van der Waals surface area contributed by atoms with Gasteiger partial charge in [-0.1, -0.05) is 18.2 Å². The highest BCUT2D eigenvalue weighted by Gasteiger charge is 2.22. The quantitative estimate of drug-likeness (QED) is 0.253. The van der Waals surface area contributed by atoms with E-state index in [9.17, 15) is 10.1 Å². The van der Waals surface area contributed by atoms with Crippen LogP contribution in [0.5, 0.6) is 23.1 Å². The van der Waals surface area contributed by atoms with E-state index in [1.165, 1.54) is 12.4 Å². The molecule has 3 aromatic carbocycles. The maximum absolute atomic E-state index is 11.7. The number of nitro benzene ring substituents is 1. The fourth-order valence-electron chi connectivity index (χ4n) is 3.75. The number of para-hydroxylation sites is 1. The summed E-state index contributed by atoms with van der Waals surface area (Å²) in [5.41, 5.74) is 1.12. The number of hydrogen-bond donors (Lipinski definition) is 1. The zero-order valence-electron chi connectivity index (χ0n) is 19.2. The summed E-state index contributed by atoms with van der Waals surface area (Å²) in [6.45, 7) is 2.31. The van der Waals surface area contributed by atoms with Crippen LogP contribution in [0.3, 0.4) is 0 Å². The normalized spacial score (nSPS) is 13.2. The Morgan fingerprint density at radius 1 is 0.861 bits per heavy atom. The number of nitro groups is 1. The van der Waals surface area contributed by atoms with Crippen molar-refractivity contribution in [2.75, 3.05) is 36.5 Å². The number of anilines is 3. The van der Waals surface area contributed by atoms with E-state index in [4.69, 9.17) is 14.2 Å². The summed E-state index contributed by atoms with van der Waals surface area (Å²) in [7, 11) is 0. The van der Waals surface area contributed by atoms with Crippen LogP contribution in [0.2, 0.25) is 0 Å². The van der Waals surface area contributed by atoms with Gasteiger partial charge in [0, 0.05) is 30.9 Å². The van der Waals surface area contributed by atoms with Crippen molar-refractivity contribution in [3.05, 3.63) is 95.3 Å². The molecule has 2 heterocycles. The lowest BCUT2D eigenvalue weighted by molar-refractivity contribution is -0.384. The van der Waals surface area contributed by atoms with Gasteiger partial charge in [-0.3, -0.25) is 10.1 Å². The van der Waals surface area contributed by atoms with Crippen LogP contribution in [-0.2, 0) is 4.74 Å². The largest absolute Gasteiger partial charge is 0.457 e. The Bertz CT molecular complexity index is 1330. The van der Waals surface area contributed by atoms with E-state index in [1.807, 2.05) is 35.2 Å². The molecule has 0 unspecified atom stereocenters. The fraction of sp³-hybridized carbons (Fsp3) is 0.154. The van der Waals surface area contributed by atoms with Crippen molar-refractivity contribution in [3.63, 3.8) is 0 Å². The third kappa shape index (κ3) is 5.68. The van der Waals surface area contributed by atoms with Crippen molar-refractivity contribution < 1.29 is 19.1 Å². The van der Waals surface area contributed by atoms with Gasteiger partial charge in [0.1, 0.15) is 35.1 Å². The molecule has 1 aromatic heterocycles. The van der Waals surface area contributed by atoms with Crippen molar-refractivity contribution in [3.8, 4) is 23.1 Å². The molecule has 1 N–H and O–H groups in total. The van der Waals surface area contributed by atoms with Crippen molar-refractivity contribution in [2.45, 2.75) is 0 Å². The summed E-state index contributed by atoms with van der Waals surface area (Å²) >= 11 is 0. The summed E-state index contributed by atoms with van der Waals surface area (Å²) in [5, 5.41) is 14.8. The molecule has 0 bridgehead atoms. The molecule has 1 fully saturated rings. The molecule has 5 rings (SSSR count). The molecule has 0 saturated carbocycles. The van der Waals surface area contributed by atoms with Crippen LogP contribution >= 0.6 is 0 Å². The minimum atomic E-state index is -0.379. The number of aromatic nitrogens is 2. The van der Waals surface area contributed by atoms with Gasteiger partial charge in [0.25, 0.3) is 5.69 Å². The molecule has 36 heavy (non-hydrogen) atoms. The van der Waals surface area contributed by atoms with E-state index >= 15 is 0 Å². The molecule has 0 amide bonds. The van der Waals surface area contributed by atoms with E-state index < -0.39 is 0 Å². The molecular weight excluding hydrogens is 462 g/mol. The first-order valence-corrected chi connectivity index (χ1v) is 11.3. The van der Waals surface area contributed by atoms with E-state index in [0.717, 1.165) is 5.75 Å². The predicted molar refractivity (Wildman–Crippen MR) is 134 cm³/mol. The SMILES string of the molecule is O=[N+]([O-])c1cc(Nc2cc(Oc3ccc(Oc4ccccc4)cc3)ncn2)ccc1N1CCOCC1. The van der Waals surface area contributed by atoms with Crippen LogP contribution in [0, 0.1) is 10.1 Å². The lowest BCUT2D eigenvalue weighted by atomic mass is 10.2. The Morgan fingerprint density at radius 2 is 1.56 bits per heavy atom. The van der Waals surface area contributed by atoms with E-state index in [2.05, 4.69) is 15.3 Å². The molecule has 10 heteroatoms. The fourth-order valence-corrected chi connectivity index (χ4v) is 3.75. The van der Waals surface area contributed by atoms with Gasteiger partial charge in [0.05, 0.1) is 18.1 Å². The average Bonchev–Trinajstić information content (AvgIpc) is 2.91. The maximum atomic E-state index is 11.7. The summed E-state index contributed by atoms with van der Waals surface area (Å²) in [6, 6.07) is 23.3. The van der Waals surface area contributed by atoms with Crippen LogP contribution in [0.4, 0.5) is 22.9 Å². The Labute approximate surface area is 207 Å². The Morgan fingerprint density at radius 3 is 2.28 bits per heavy atom. The summed E-state index contributed by atoms with van der Waals surface area (Å²) in [5.74, 6) is 2.77. The van der Waals surface area contributed by atoms with Gasteiger partial charge in [-0.2, -0.15) is 0 Å². The highest BCUT2D eigenvalue weighted by molar-refractivity contribution is 5.71. The molecule has 1 aliphatic heterocycles. The number of nitrogens with one attached hydrogen (secondary N) is 1. The van der Waals surface area contributed by atoms with Gasteiger partial charge in [-0.25, -0.2) is 9.97 Å². The number of nitrogens with zero attached hydrogens (tertiary/aromatic N) is 4. The smallest absolute Gasteiger partial charge is 0.294 e. The third-order valence-corrected chi connectivity index (χ3v) is 5.46. The second-order valence-corrected chi connectivity index (χ2v) is 7.92. The minimum absolute atomic E-state index is 0.0187. The van der Waals surface area contributed by atoms with Crippen LogP contribution in [0.25, 0.3) is 0 Å². The lowest BCUT2D eigenvalue weighted by Gasteiger charge is -2.28. The highest BCUT2D eigenvalue weighted by Crippen LogP contribution is 2.33. The van der Waals surface area contributed by atoms with Crippen molar-refractivity contribution in [2.24, 2.45) is 0 Å². The number of benzene rings is 3. The van der Waals surface area contributed by atoms with Gasteiger partial charge >= 0.3 is 0 Å². The number of ether oxygens (including phenoxy) is 3. The Hall–Kier alpha value is -4.70. The first-order valence-electron chi connectivity index (χ1n) is 11.3. The monoisotopic (exact) mass is 485 g/mol. The van der Waals surface area contributed by atoms with Crippen molar-refractivity contribution >= 4 is 22.9 Å². The predicted octanol–water partition coefficient (Wildman–Crippen LogP) is 5.55. The molecule has 1 saturated heterocycles. The molecule has 10 nitrogen and oxygen atoms in total. The molecule has 0 spiro atoms. The topological polar surface area (TPSA) is 112 Å². The van der Waals surface area contributed by atoms with Crippen LogP contribution in [0.15, 0.2) is 85.2 Å². The summed E-state index contributed by atoms with van der Waals surface area (Å²) < 4.78 is 17.0. The molecule has 0 radical (unpaired) electrons. The zero-order valence-corrected chi connectivity index (χ0v) is 19.2. The van der Waals surface area contributed by atoms with Gasteiger partial charge in [-0.05, 0) is 48.5 Å². The molecule has 1 aliphatic rings. The van der Waals surface area contributed by atoms with Crippen LogP contribution in [-0.4, -0.2) is 41.2 Å². The zero-order chi connectivity index (χ0) is 24.7. The molecule has 0 aliphatic carbocycles. The first-order chi connectivity index (χ1) is 17.6. The number of rotatable bonds is 8. The average molecular weight is 486 g/mol. The standard InChI is InChI=1S/C26H23N5O5/c32-31(33)24-16-19(6-11-23(24)30-12-14-34-15-13-30)29-25-17-26(28-18-27-25)36-22-9-7-21(8-10-22)35-20-4-2-1-3-5-20/h1-11,16-18H,12-15H2,(H,27,28,29). The van der Waals surface area contributed by atoms with Gasteiger partial charge < -0.3 is 24.4 Å². The third-order valence-electron chi connectivity index (χ3n) is 5.46. The number of hydrogen-bond acceptors (Lipinski definition) is 9. The van der Waals surface area contributed by atoms with Crippen LogP contribution in [0.1, 0.15) is 0 Å². The molecular formula is C26H23N5O5. The highest BCUT2D eigenvalue weighted by atomic mass is 16.6.